The van der Waals surface area contributed by atoms with E-state index in [9.17, 15) is 0 Å². The predicted molar refractivity (Wildman–Crippen MR) is 77.0 cm³/mol. The molecule has 92 valence electrons. The number of hydrogen-bond donors (Lipinski definition) is 0. The van der Waals surface area contributed by atoms with E-state index in [4.69, 9.17) is 16.6 Å². The SMILES string of the molecule is ClC1C=C(Cc2ccc3ccccc3n2)CCC1. The highest BCUT2D eigenvalue weighted by Gasteiger charge is 2.11. The fourth-order valence-corrected chi connectivity index (χ4v) is 2.87. The molecular weight excluding hydrogens is 242 g/mol. The van der Waals surface area contributed by atoms with Gasteiger partial charge in [-0.3, -0.25) is 4.98 Å². The van der Waals surface area contributed by atoms with Crippen molar-refractivity contribution in [1.29, 1.82) is 0 Å². The van der Waals surface area contributed by atoms with Crippen molar-refractivity contribution in [3.63, 3.8) is 0 Å². The van der Waals surface area contributed by atoms with Crippen LogP contribution in [0.3, 0.4) is 0 Å². The summed E-state index contributed by atoms with van der Waals surface area (Å²) in [7, 11) is 0. The van der Waals surface area contributed by atoms with Crippen LogP contribution in [-0.4, -0.2) is 10.4 Å². The Hall–Kier alpha value is -1.34. The summed E-state index contributed by atoms with van der Waals surface area (Å²) < 4.78 is 0. The Morgan fingerprint density at radius 1 is 1.17 bits per heavy atom. The molecule has 0 radical (unpaired) electrons. The van der Waals surface area contributed by atoms with Crippen molar-refractivity contribution in [1.82, 2.24) is 4.98 Å². The third-order valence-corrected chi connectivity index (χ3v) is 3.80. The molecule has 1 heterocycles. The molecule has 0 aliphatic heterocycles. The maximum atomic E-state index is 6.18. The molecule has 2 heteroatoms. The number of hydrogen-bond acceptors (Lipinski definition) is 1. The highest BCUT2D eigenvalue weighted by Crippen LogP contribution is 2.24. The second kappa shape index (κ2) is 5.11. The van der Waals surface area contributed by atoms with Crippen molar-refractivity contribution < 1.29 is 0 Å². The Balaban J connectivity index is 1.86. The molecule has 0 fully saturated rings. The first kappa shape index (κ1) is 11.7. The van der Waals surface area contributed by atoms with Crippen molar-refractivity contribution in [2.75, 3.05) is 0 Å². The monoisotopic (exact) mass is 257 g/mol. The molecule has 3 rings (SSSR count). The van der Waals surface area contributed by atoms with E-state index in [2.05, 4.69) is 30.3 Å². The van der Waals surface area contributed by atoms with Gasteiger partial charge in [-0.2, -0.15) is 0 Å². The fraction of sp³-hybridized carbons (Fsp3) is 0.312. The summed E-state index contributed by atoms with van der Waals surface area (Å²) in [6.07, 6.45) is 6.62. The summed E-state index contributed by atoms with van der Waals surface area (Å²) in [5.41, 5.74) is 3.66. The van der Waals surface area contributed by atoms with Crippen molar-refractivity contribution in [2.45, 2.75) is 31.1 Å². The second-order valence-corrected chi connectivity index (χ2v) is 5.47. The maximum Gasteiger partial charge on any atom is 0.0705 e. The lowest BCUT2D eigenvalue weighted by Crippen LogP contribution is -2.05. The number of allylic oxidation sites excluding steroid dienone is 2. The Morgan fingerprint density at radius 2 is 2.06 bits per heavy atom. The molecule has 0 bridgehead atoms. The van der Waals surface area contributed by atoms with Crippen LogP contribution >= 0.6 is 11.6 Å². The van der Waals surface area contributed by atoms with Crippen LogP contribution in [0.15, 0.2) is 48.0 Å². The maximum absolute atomic E-state index is 6.18. The molecule has 1 unspecified atom stereocenters. The van der Waals surface area contributed by atoms with Gasteiger partial charge >= 0.3 is 0 Å². The van der Waals surface area contributed by atoms with Crippen LogP contribution in [0.25, 0.3) is 10.9 Å². The minimum absolute atomic E-state index is 0.217. The standard InChI is InChI=1S/C16H16ClN/c17-14-6-3-4-12(10-14)11-15-9-8-13-5-1-2-7-16(13)18-15/h1-2,5,7-10,14H,3-4,6,11H2. The number of rotatable bonds is 2. The Labute approximate surface area is 112 Å². The molecule has 0 amide bonds. The highest BCUT2D eigenvalue weighted by molar-refractivity contribution is 6.21. The normalized spacial score (nSPS) is 19.8. The lowest BCUT2D eigenvalue weighted by molar-refractivity contribution is 0.691. The van der Waals surface area contributed by atoms with Crippen LogP contribution in [-0.2, 0) is 6.42 Å². The summed E-state index contributed by atoms with van der Waals surface area (Å²) in [4.78, 5) is 4.71. The number of aromatic nitrogens is 1. The molecule has 1 aliphatic rings. The molecule has 1 nitrogen and oxygen atoms in total. The van der Waals surface area contributed by atoms with Crippen molar-refractivity contribution in [2.24, 2.45) is 0 Å². The van der Waals surface area contributed by atoms with Gasteiger partial charge in [-0.15, -0.1) is 11.6 Å². The largest absolute Gasteiger partial charge is 0.253 e. The number of nitrogens with zero attached hydrogens (tertiary/aromatic N) is 1. The minimum atomic E-state index is 0.217. The number of pyridine rings is 1. The van der Waals surface area contributed by atoms with Crippen LogP contribution in [0.4, 0.5) is 0 Å². The molecule has 0 spiro atoms. The van der Waals surface area contributed by atoms with Gasteiger partial charge in [0.2, 0.25) is 0 Å². The van der Waals surface area contributed by atoms with Crippen LogP contribution in [0.1, 0.15) is 25.0 Å². The van der Waals surface area contributed by atoms with E-state index in [0.717, 1.165) is 30.5 Å². The van der Waals surface area contributed by atoms with Gasteiger partial charge in [-0.1, -0.05) is 35.9 Å². The van der Waals surface area contributed by atoms with Gasteiger partial charge in [0, 0.05) is 17.5 Å². The first-order valence-electron chi connectivity index (χ1n) is 6.49. The molecule has 0 saturated heterocycles. The highest BCUT2D eigenvalue weighted by atomic mass is 35.5. The van der Waals surface area contributed by atoms with Crippen molar-refractivity contribution >= 4 is 22.5 Å². The van der Waals surface area contributed by atoms with Crippen LogP contribution in [0.5, 0.6) is 0 Å². The fourth-order valence-electron chi connectivity index (χ4n) is 2.53. The van der Waals surface area contributed by atoms with E-state index in [1.807, 2.05) is 12.1 Å². The Morgan fingerprint density at radius 3 is 2.94 bits per heavy atom. The zero-order valence-electron chi connectivity index (χ0n) is 10.3. The topological polar surface area (TPSA) is 12.9 Å². The quantitative estimate of drug-likeness (QED) is 0.570. The number of para-hydroxylation sites is 1. The van der Waals surface area contributed by atoms with Crippen LogP contribution in [0.2, 0.25) is 0 Å². The molecule has 1 aromatic carbocycles. The Kier molecular flexibility index (Phi) is 3.33. The van der Waals surface area contributed by atoms with E-state index in [0.29, 0.717) is 0 Å². The van der Waals surface area contributed by atoms with Gasteiger partial charge in [0.15, 0.2) is 0 Å². The third kappa shape index (κ3) is 2.56. The summed E-state index contributed by atoms with van der Waals surface area (Å²) >= 11 is 6.18. The van der Waals surface area contributed by atoms with E-state index in [-0.39, 0.29) is 5.38 Å². The molecule has 18 heavy (non-hydrogen) atoms. The molecule has 1 atom stereocenters. The summed E-state index contributed by atoms with van der Waals surface area (Å²) in [6, 6.07) is 12.5. The predicted octanol–water partition coefficient (Wildman–Crippen LogP) is 4.50. The van der Waals surface area contributed by atoms with Crippen molar-refractivity contribution in [3.8, 4) is 0 Å². The summed E-state index contributed by atoms with van der Waals surface area (Å²) in [5, 5.41) is 1.42. The summed E-state index contributed by atoms with van der Waals surface area (Å²) in [5.74, 6) is 0. The molecule has 0 N–H and O–H groups in total. The molecule has 1 aromatic heterocycles. The smallest absolute Gasteiger partial charge is 0.0705 e. The van der Waals surface area contributed by atoms with E-state index < -0.39 is 0 Å². The van der Waals surface area contributed by atoms with Crippen LogP contribution < -0.4 is 0 Å². The second-order valence-electron chi connectivity index (χ2n) is 4.91. The van der Waals surface area contributed by atoms with Gasteiger partial charge in [-0.05, 0) is 31.4 Å². The third-order valence-electron chi connectivity index (χ3n) is 3.46. The average molecular weight is 258 g/mol. The van der Waals surface area contributed by atoms with Crippen molar-refractivity contribution in [3.05, 3.63) is 53.7 Å². The van der Waals surface area contributed by atoms with Crippen LogP contribution in [0, 0.1) is 0 Å². The molecule has 0 saturated carbocycles. The van der Waals surface area contributed by atoms with E-state index in [1.54, 1.807) is 0 Å². The molecule has 1 aliphatic carbocycles. The first-order valence-corrected chi connectivity index (χ1v) is 6.93. The van der Waals surface area contributed by atoms with E-state index >= 15 is 0 Å². The van der Waals surface area contributed by atoms with Gasteiger partial charge in [0.05, 0.1) is 10.9 Å². The molecular formula is C16H16ClN. The lowest BCUT2D eigenvalue weighted by Gasteiger charge is -2.16. The van der Waals surface area contributed by atoms with Gasteiger partial charge < -0.3 is 0 Å². The molecule has 2 aromatic rings. The first-order chi connectivity index (χ1) is 8.81. The number of fused-ring (bicyclic) bond motifs is 1. The number of benzene rings is 1. The zero-order chi connectivity index (χ0) is 12.4. The van der Waals surface area contributed by atoms with Gasteiger partial charge in [-0.25, -0.2) is 0 Å². The Bertz CT molecular complexity index is 588. The minimum Gasteiger partial charge on any atom is -0.253 e. The van der Waals surface area contributed by atoms with Gasteiger partial charge in [0.1, 0.15) is 0 Å². The van der Waals surface area contributed by atoms with E-state index in [1.165, 1.54) is 17.4 Å². The van der Waals surface area contributed by atoms with Gasteiger partial charge in [0.25, 0.3) is 0 Å². The average Bonchev–Trinajstić information content (AvgIpc) is 2.39. The number of alkyl halides is 1. The number of halogens is 1. The zero-order valence-corrected chi connectivity index (χ0v) is 11.0. The summed E-state index contributed by atoms with van der Waals surface area (Å²) in [6.45, 7) is 0. The lowest BCUT2D eigenvalue weighted by atomic mass is 9.95.